The first-order valence-corrected chi connectivity index (χ1v) is 5.82. The molecule has 1 aromatic rings. The van der Waals surface area contributed by atoms with E-state index in [4.69, 9.17) is 10.8 Å². The number of nitrogens with zero attached hydrogens (tertiary/aromatic N) is 2. The van der Waals surface area contributed by atoms with E-state index in [1.165, 1.54) is 0 Å². The van der Waals surface area contributed by atoms with Gasteiger partial charge in [0.25, 0.3) is 0 Å². The Morgan fingerprint density at radius 2 is 2.33 bits per heavy atom. The molecule has 1 aliphatic rings. The summed E-state index contributed by atoms with van der Waals surface area (Å²) >= 11 is 0. The zero-order chi connectivity index (χ0) is 13.1. The summed E-state index contributed by atoms with van der Waals surface area (Å²) in [4.78, 5) is 28.5. The molecule has 0 aliphatic carbocycles. The van der Waals surface area contributed by atoms with Gasteiger partial charge in [0.05, 0.1) is 17.8 Å². The molecule has 0 radical (unpaired) electrons. The third-order valence-electron chi connectivity index (χ3n) is 2.97. The second-order valence-electron chi connectivity index (χ2n) is 4.27. The second kappa shape index (κ2) is 5.14. The fourth-order valence-corrected chi connectivity index (χ4v) is 2.04. The van der Waals surface area contributed by atoms with E-state index in [1.54, 1.807) is 17.2 Å². The topological polar surface area (TPSA) is 96.5 Å². The summed E-state index contributed by atoms with van der Waals surface area (Å²) in [6, 6.07) is 2.44. The number of aromatic nitrogens is 1. The minimum absolute atomic E-state index is 0.191. The Kier molecular flexibility index (Phi) is 3.57. The predicted octanol–water partition coefficient (Wildman–Crippen LogP) is 0.163. The molecule has 0 unspecified atom stereocenters. The van der Waals surface area contributed by atoms with Crippen molar-refractivity contribution in [2.24, 2.45) is 5.73 Å². The van der Waals surface area contributed by atoms with Crippen molar-refractivity contribution in [3.05, 3.63) is 24.0 Å². The molecule has 3 N–H and O–H groups in total. The predicted molar refractivity (Wildman–Crippen MR) is 65.1 cm³/mol. The molecule has 2 rings (SSSR count). The minimum atomic E-state index is -1.16. The third-order valence-corrected chi connectivity index (χ3v) is 2.97. The SMILES string of the molecule is N[C@@H](CC(=O)N1CCCc2ncccc21)C(=O)O. The molecule has 0 aromatic carbocycles. The summed E-state index contributed by atoms with van der Waals surface area (Å²) in [6.45, 7) is 0.587. The lowest BCUT2D eigenvalue weighted by molar-refractivity contribution is -0.140. The number of carbonyl (C=O) groups excluding carboxylic acids is 1. The van der Waals surface area contributed by atoms with Crippen LogP contribution in [0.4, 0.5) is 5.69 Å². The first kappa shape index (κ1) is 12.5. The molecule has 96 valence electrons. The van der Waals surface area contributed by atoms with Crippen LogP contribution in [0.25, 0.3) is 0 Å². The number of hydrogen-bond acceptors (Lipinski definition) is 4. The molecule has 1 amide bonds. The fourth-order valence-electron chi connectivity index (χ4n) is 2.04. The van der Waals surface area contributed by atoms with Crippen molar-refractivity contribution in [3.63, 3.8) is 0 Å². The zero-order valence-corrected chi connectivity index (χ0v) is 9.87. The van der Waals surface area contributed by atoms with Gasteiger partial charge in [0.2, 0.25) is 5.91 Å². The molecule has 2 heterocycles. The Hall–Kier alpha value is -1.95. The highest BCUT2D eigenvalue weighted by molar-refractivity contribution is 5.96. The van der Waals surface area contributed by atoms with Crippen LogP contribution in [0.15, 0.2) is 18.3 Å². The Morgan fingerprint density at radius 1 is 1.56 bits per heavy atom. The lowest BCUT2D eigenvalue weighted by Gasteiger charge is -2.29. The number of nitrogens with two attached hydrogens (primary N) is 1. The Morgan fingerprint density at radius 3 is 3.06 bits per heavy atom. The molecular weight excluding hydrogens is 234 g/mol. The number of carboxylic acids is 1. The van der Waals surface area contributed by atoms with E-state index in [9.17, 15) is 9.59 Å². The summed E-state index contributed by atoms with van der Waals surface area (Å²) in [5, 5.41) is 8.72. The lowest BCUT2D eigenvalue weighted by Crippen LogP contribution is -2.41. The van der Waals surface area contributed by atoms with Crippen molar-refractivity contribution in [2.75, 3.05) is 11.4 Å². The maximum atomic E-state index is 12.0. The van der Waals surface area contributed by atoms with Crippen molar-refractivity contribution in [2.45, 2.75) is 25.3 Å². The van der Waals surface area contributed by atoms with Crippen LogP contribution < -0.4 is 10.6 Å². The largest absolute Gasteiger partial charge is 0.480 e. The maximum Gasteiger partial charge on any atom is 0.321 e. The first-order chi connectivity index (χ1) is 8.59. The van der Waals surface area contributed by atoms with Crippen LogP contribution in [-0.2, 0) is 16.0 Å². The molecule has 6 nitrogen and oxygen atoms in total. The summed E-state index contributed by atoms with van der Waals surface area (Å²) in [6.07, 6.45) is 3.17. The molecule has 0 saturated heterocycles. The van der Waals surface area contributed by atoms with Gasteiger partial charge in [0, 0.05) is 12.7 Å². The maximum absolute atomic E-state index is 12.0. The van der Waals surface area contributed by atoms with Gasteiger partial charge in [-0.05, 0) is 25.0 Å². The third kappa shape index (κ3) is 2.48. The van der Waals surface area contributed by atoms with Gasteiger partial charge in [-0.15, -0.1) is 0 Å². The number of carboxylic acid groups (broad SMARTS) is 1. The minimum Gasteiger partial charge on any atom is -0.480 e. The monoisotopic (exact) mass is 249 g/mol. The van der Waals surface area contributed by atoms with E-state index in [1.807, 2.05) is 6.07 Å². The smallest absolute Gasteiger partial charge is 0.321 e. The highest BCUT2D eigenvalue weighted by Gasteiger charge is 2.26. The molecule has 0 spiro atoms. The van der Waals surface area contributed by atoms with Gasteiger partial charge in [-0.2, -0.15) is 0 Å². The lowest BCUT2D eigenvalue weighted by atomic mass is 10.1. The molecule has 1 aliphatic heterocycles. The summed E-state index contributed by atoms with van der Waals surface area (Å²) in [5.41, 5.74) is 7.03. The van der Waals surface area contributed by atoms with Gasteiger partial charge in [-0.25, -0.2) is 0 Å². The summed E-state index contributed by atoms with van der Waals surface area (Å²) in [5.74, 6) is -1.43. The van der Waals surface area contributed by atoms with Gasteiger partial charge >= 0.3 is 5.97 Å². The average Bonchev–Trinajstić information content (AvgIpc) is 2.37. The second-order valence-corrected chi connectivity index (χ2v) is 4.27. The van der Waals surface area contributed by atoms with E-state index >= 15 is 0 Å². The van der Waals surface area contributed by atoms with Crippen LogP contribution in [0.2, 0.25) is 0 Å². The van der Waals surface area contributed by atoms with E-state index < -0.39 is 12.0 Å². The van der Waals surface area contributed by atoms with Crippen LogP contribution in [0.1, 0.15) is 18.5 Å². The number of amides is 1. The Labute approximate surface area is 104 Å². The van der Waals surface area contributed by atoms with Gasteiger partial charge < -0.3 is 15.7 Å². The van der Waals surface area contributed by atoms with Gasteiger partial charge in [-0.1, -0.05) is 0 Å². The van der Waals surface area contributed by atoms with Crippen molar-refractivity contribution in [3.8, 4) is 0 Å². The van der Waals surface area contributed by atoms with Crippen LogP contribution in [0.5, 0.6) is 0 Å². The number of aliphatic carboxylic acids is 1. The van der Waals surface area contributed by atoms with E-state index in [2.05, 4.69) is 4.98 Å². The highest BCUT2D eigenvalue weighted by Crippen LogP contribution is 2.25. The van der Waals surface area contributed by atoms with Gasteiger partial charge in [0.1, 0.15) is 6.04 Å². The quantitative estimate of drug-likeness (QED) is 0.795. The molecular formula is C12H15N3O3. The Balaban J connectivity index is 2.15. The summed E-state index contributed by atoms with van der Waals surface area (Å²) in [7, 11) is 0. The fraction of sp³-hybridized carbons (Fsp3) is 0.417. The Bertz CT molecular complexity index is 475. The molecule has 18 heavy (non-hydrogen) atoms. The van der Waals surface area contributed by atoms with Gasteiger partial charge in [0.15, 0.2) is 0 Å². The van der Waals surface area contributed by atoms with Crippen molar-refractivity contribution in [1.82, 2.24) is 4.98 Å². The number of anilines is 1. The van der Waals surface area contributed by atoms with Gasteiger partial charge in [-0.3, -0.25) is 14.6 Å². The number of aryl methyl sites for hydroxylation is 1. The number of carbonyl (C=O) groups is 2. The number of fused-ring (bicyclic) bond motifs is 1. The number of rotatable bonds is 3. The number of pyridine rings is 1. The first-order valence-electron chi connectivity index (χ1n) is 5.82. The highest BCUT2D eigenvalue weighted by atomic mass is 16.4. The normalized spacial score (nSPS) is 15.9. The molecule has 0 fully saturated rings. The average molecular weight is 249 g/mol. The molecule has 1 atom stereocenters. The van der Waals surface area contributed by atoms with E-state index in [0.29, 0.717) is 6.54 Å². The summed E-state index contributed by atoms with van der Waals surface area (Å²) < 4.78 is 0. The standard InChI is InChI=1S/C12H15N3O3/c13-8(12(17)18)7-11(16)15-6-2-3-9-10(15)4-1-5-14-9/h1,4-5,8H,2-3,6-7,13H2,(H,17,18)/t8-/m0/s1. The molecule has 1 aromatic heterocycles. The molecule has 6 heteroatoms. The van der Waals surface area contributed by atoms with Crippen LogP contribution in [0.3, 0.4) is 0 Å². The van der Waals surface area contributed by atoms with E-state index in [0.717, 1.165) is 24.2 Å². The number of hydrogen-bond donors (Lipinski definition) is 2. The van der Waals surface area contributed by atoms with E-state index in [-0.39, 0.29) is 12.3 Å². The van der Waals surface area contributed by atoms with Crippen LogP contribution in [-0.4, -0.2) is 34.6 Å². The van der Waals surface area contributed by atoms with Crippen molar-refractivity contribution < 1.29 is 14.7 Å². The zero-order valence-electron chi connectivity index (χ0n) is 9.87. The van der Waals surface area contributed by atoms with Crippen LogP contribution in [0, 0.1) is 0 Å². The molecule has 0 bridgehead atoms. The van der Waals surface area contributed by atoms with Crippen LogP contribution >= 0.6 is 0 Å². The van der Waals surface area contributed by atoms with Crippen molar-refractivity contribution in [1.29, 1.82) is 0 Å². The van der Waals surface area contributed by atoms with Crippen molar-refractivity contribution >= 4 is 17.6 Å². The molecule has 0 saturated carbocycles.